The van der Waals surface area contributed by atoms with Crippen molar-refractivity contribution in [1.29, 1.82) is 5.26 Å². The summed E-state index contributed by atoms with van der Waals surface area (Å²) in [4.78, 5) is 4.23. The Labute approximate surface area is 133 Å². The van der Waals surface area contributed by atoms with Gasteiger partial charge in [-0.15, -0.1) is 11.6 Å². The van der Waals surface area contributed by atoms with Crippen LogP contribution in [0.3, 0.4) is 0 Å². The predicted molar refractivity (Wildman–Crippen MR) is 83.5 cm³/mol. The lowest BCUT2D eigenvalue weighted by Crippen LogP contribution is -2.00. The summed E-state index contributed by atoms with van der Waals surface area (Å²) in [6, 6.07) is 5.51. The molecule has 0 N–H and O–H groups in total. The van der Waals surface area contributed by atoms with Crippen LogP contribution >= 0.6 is 23.2 Å². The molecule has 0 spiro atoms. The Morgan fingerprint density at radius 2 is 2.10 bits per heavy atom. The molecule has 21 heavy (non-hydrogen) atoms. The second-order valence-corrected chi connectivity index (χ2v) is 5.12. The van der Waals surface area contributed by atoms with Crippen LogP contribution in [0.2, 0.25) is 5.02 Å². The summed E-state index contributed by atoms with van der Waals surface area (Å²) < 4.78 is 11.0. The van der Waals surface area contributed by atoms with Crippen molar-refractivity contribution in [2.75, 3.05) is 19.6 Å². The van der Waals surface area contributed by atoms with Gasteiger partial charge in [0, 0.05) is 23.5 Å². The van der Waals surface area contributed by atoms with Gasteiger partial charge in [-0.2, -0.15) is 5.26 Å². The van der Waals surface area contributed by atoms with Crippen LogP contribution < -0.4 is 9.47 Å². The van der Waals surface area contributed by atoms with Crippen molar-refractivity contribution in [2.24, 2.45) is 0 Å². The van der Waals surface area contributed by atoms with Crippen molar-refractivity contribution in [3.8, 4) is 17.6 Å². The number of hydrogen-bond acceptors (Lipinski definition) is 4. The maximum Gasteiger partial charge on any atom is 0.163 e. The van der Waals surface area contributed by atoms with E-state index in [4.69, 9.17) is 37.9 Å². The van der Waals surface area contributed by atoms with Crippen molar-refractivity contribution in [3.05, 3.63) is 28.9 Å². The second-order valence-electron chi connectivity index (χ2n) is 4.36. The second kappa shape index (κ2) is 7.35. The van der Waals surface area contributed by atoms with Gasteiger partial charge >= 0.3 is 0 Å². The number of nitrogens with zero attached hydrogens (tertiary/aromatic N) is 2. The van der Waals surface area contributed by atoms with Crippen molar-refractivity contribution in [2.45, 2.75) is 12.8 Å². The summed E-state index contributed by atoms with van der Waals surface area (Å²) >= 11 is 11.8. The summed E-state index contributed by atoms with van der Waals surface area (Å²) in [5.41, 5.74) is 0.995. The van der Waals surface area contributed by atoms with Gasteiger partial charge in [0.15, 0.2) is 11.5 Å². The Morgan fingerprint density at radius 1 is 1.29 bits per heavy atom. The molecule has 2 rings (SSSR count). The Kier molecular flexibility index (Phi) is 5.49. The molecule has 0 bridgehead atoms. The van der Waals surface area contributed by atoms with Crippen LogP contribution in [0.15, 0.2) is 18.3 Å². The number of benzene rings is 1. The third kappa shape index (κ3) is 3.49. The molecule has 110 valence electrons. The van der Waals surface area contributed by atoms with Gasteiger partial charge in [-0.1, -0.05) is 11.6 Å². The molecule has 1 heterocycles. The zero-order chi connectivity index (χ0) is 15.2. The minimum Gasteiger partial charge on any atom is -0.493 e. The number of methoxy groups -OCH3 is 1. The Hall–Kier alpha value is -1.70. The molecule has 0 aliphatic carbocycles. The molecule has 1 aromatic carbocycles. The highest BCUT2D eigenvalue weighted by Gasteiger charge is 2.12. The van der Waals surface area contributed by atoms with Crippen LogP contribution in [0, 0.1) is 11.3 Å². The minimum atomic E-state index is 0.335. The number of ether oxygens (including phenoxy) is 2. The molecule has 0 radical (unpaired) electrons. The van der Waals surface area contributed by atoms with Gasteiger partial charge in [-0.25, -0.2) is 0 Å². The molecule has 6 heteroatoms. The van der Waals surface area contributed by atoms with E-state index in [1.807, 2.05) is 6.07 Å². The zero-order valence-corrected chi connectivity index (χ0v) is 13.0. The number of pyridine rings is 1. The van der Waals surface area contributed by atoms with Gasteiger partial charge < -0.3 is 9.47 Å². The van der Waals surface area contributed by atoms with Crippen molar-refractivity contribution in [1.82, 2.24) is 4.98 Å². The number of unbranched alkanes of at least 4 members (excludes halogenated alkanes) is 1. The fraction of sp³-hybridized carbons (Fsp3) is 0.333. The molecule has 0 saturated heterocycles. The van der Waals surface area contributed by atoms with Gasteiger partial charge in [0.05, 0.1) is 29.8 Å². The standard InChI is InChI=1S/C15H14Cl2N2O2/c1-20-13-6-11-12(19-9-10(8-18)15(11)17)7-14(13)21-5-3-2-4-16/h6-7,9H,2-5H2,1H3. The summed E-state index contributed by atoms with van der Waals surface area (Å²) in [6.45, 7) is 0.554. The first-order valence-electron chi connectivity index (χ1n) is 6.46. The van der Waals surface area contributed by atoms with Gasteiger partial charge in [0.2, 0.25) is 0 Å². The Bertz CT molecular complexity index is 683. The lowest BCUT2D eigenvalue weighted by atomic mass is 10.1. The molecule has 0 atom stereocenters. The average Bonchev–Trinajstić information content (AvgIpc) is 2.51. The van der Waals surface area contributed by atoms with E-state index >= 15 is 0 Å². The van der Waals surface area contributed by atoms with E-state index in [-0.39, 0.29) is 0 Å². The number of halogens is 2. The average molecular weight is 325 g/mol. The Morgan fingerprint density at radius 3 is 2.76 bits per heavy atom. The SMILES string of the molecule is COc1cc2c(Cl)c(C#N)cnc2cc1OCCCCCl. The summed E-state index contributed by atoms with van der Waals surface area (Å²) in [5, 5.41) is 10.0. The molecule has 4 nitrogen and oxygen atoms in total. The first-order valence-corrected chi connectivity index (χ1v) is 7.37. The number of aromatic nitrogens is 1. The monoisotopic (exact) mass is 324 g/mol. The summed E-state index contributed by atoms with van der Waals surface area (Å²) in [5.74, 6) is 1.78. The lowest BCUT2D eigenvalue weighted by molar-refractivity contribution is 0.289. The number of fused-ring (bicyclic) bond motifs is 1. The van der Waals surface area contributed by atoms with Crippen LogP contribution in [-0.4, -0.2) is 24.6 Å². The van der Waals surface area contributed by atoms with E-state index in [2.05, 4.69) is 4.98 Å². The van der Waals surface area contributed by atoms with E-state index in [1.54, 1.807) is 19.2 Å². The lowest BCUT2D eigenvalue weighted by Gasteiger charge is -2.12. The first-order chi connectivity index (χ1) is 10.2. The molecular formula is C15H14Cl2N2O2. The van der Waals surface area contributed by atoms with E-state index < -0.39 is 0 Å². The molecule has 2 aromatic rings. The Balaban J connectivity index is 2.37. The summed E-state index contributed by atoms with van der Waals surface area (Å²) in [6.07, 6.45) is 3.22. The quantitative estimate of drug-likeness (QED) is 0.591. The molecule has 1 aromatic heterocycles. The fourth-order valence-corrected chi connectivity index (χ4v) is 2.33. The van der Waals surface area contributed by atoms with E-state index in [9.17, 15) is 0 Å². The van der Waals surface area contributed by atoms with E-state index in [1.165, 1.54) is 6.20 Å². The maximum absolute atomic E-state index is 8.98. The highest BCUT2D eigenvalue weighted by atomic mass is 35.5. The van der Waals surface area contributed by atoms with Crippen LogP contribution in [0.5, 0.6) is 11.5 Å². The maximum atomic E-state index is 8.98. The normalized spacial score (nSPS) is 10.4. The highest BCUT2D eigenvalue weighted by Crippen LogP contribution is 2.35. The van der Waals surface area contributed by atoms with Crippen LogP contribution in [-0.2, 0) is 0 Å². The fourth-order valence-electron chi connectivity index (χ4n) is 1.90. The van der Waals surface area contributed by atoms with Crippen LogP contribution in [0.25, 0.3) is 10.9 Å². The van der Waals surface area contributed by atoms with Crippen molar-refractivity contribution >= 4 is 34.1 Å². The molecule has 0 fully saturated rings. The van der Waals surface area contributed by atoms with Gasteiger partial charge in [-0.3, -0.25) is 4.98 Å². The minimum absolute atomic E-state index is 0.335. The largest absolute Gasteiger partial charge is 0.493 e. The number of hydrogen-bond donors (Lipinski definition) is 0. The first kappa shape index (κ1) is 15.7. The molecule has 0 aliphatic heterocycles. The predicted octanol–water partition coefficient (Wildman–Crippen LogP) is 4.17. The van der Waals surface area contributed by atoms with Crippen molar-refractivity contribution in [3.63, 3.8) is 0 Å². The zero-order valence-electron chi connectivity index (χ0n) is 11.5. The third-order valence-corrected chi connectivity index (χ3v) is 3.67. The van der Waals surface area contributed by atoms with Crippen LogP contribution in [0.4, 0.5) is 0 Å². The van der Waals surface area contributed by atoms with E-state index in [0.717, 1.165) is 12.8 Å². The van der Waals surface area contributed by atoms with Crippen LogP contribution in [0.1, 0.15) is 18.4 Å². The molecular weight excluding hydrogens is 311 g/mol. The van der Waals surface area contributed by atoms with Gasteiger partial charge in [0.1, 0.15) is 6.07 Å². The third-order valence-electron chi connectivity index (χ3n) is 2.99. The van der Waals surface area contributed by atoms with Crippen molar-refractivity contribution < 1.29 is 9.47 Å². The van der Waals surface area contributed by atoms with E-state index in [0.29, 0.717) is 45.5 Å². The topological polar surface area (TPSA) is 55.1 Å². The molecule has 0 aliphatic rings. The smallest absolute Gasteiger partial charge is 0.163 e. The number of nitriles is 1. The number of alkyl halides is 1. The molecule has 0 unspecified atom stereocenters. The molecule has 0 amide bonds. The van der Waals surface area contributed by atoms with Gasteiger partial charge in [0.25, 0.3) is 0 Å². The highest BCUT2D eigenvalue weighted by molar-refractivity contribution is 6.36. The molecule has 0 saturated carbocycles. The summed E-state index contributed by atoms with van der Waals surface area (Å²) in [7, 11) is 1.56. The van der Waals surface area contributed by atoms with Gasteiger partial charge in [-0.05, 0) is 18.9 Å². The number of rotatable bonds is 6.